The summed E-state index contributed by atoms with van der Waals surface area (Å²) in [4.78, 5) is 0. The Balaban J connectivity index is 2.90. The zero-order valence-electron chi connectivity index (χ0n) is 13.9. The van der Waals surface area contributed by atoms with Gasteiger partial charge in [0, 0.05) is 6.42 Å². The molecule has 0 aliphatic heterocycles. The Morgan fingerprint density at radius 2 is 1.95 bits per heavy atom. The molecule has 1 nitrogen and oxygen atoms in total. The quantitative estimate of drug-likeness (QED) is 0.736. The lowest BCUT2D eigenvalue weighted by molar-refractivity contribution is 0.149. The molecule has 0 bridgehead atoms. The van der Waals surface area contributed by atoms with Crippen LogP contribution in [-0.4, -0.2) is 10.7 Å². The fourth-order valence-electron chi connectivity index (χ4n) is 2.19. The Morgan fingerprint density at radius 1 is 1.19 bits per heavy atom. The molecule has 1 heteroatoms. The van der Waals surface area contributed by atoms with Crippen LogP contribution in [0.25, 0.3) is 6.08 Å². The van der Waals surface area contributed by atoms with Crippen LogP contribution in [0.2, 0.25) is 0 Å². The molecule has 0 aliphatic rings. The Kier molecular flexibility index (Phi) is 7.26. The van der Waals surface area contributed by atoms with Crippen molar-refractivity contribution in [1.82, 2.24) is 0 Å². The van der Waals surface area contributed by atoms with Crippen molar-refractivity contribution >= 4 is 6.08 Å². The van der Waals surface area contributed by atoms with Crippen molar-refractivity contribution in [3.05, 3.63) is 41.0 Å². The zero-order chi connectivity index (χ0) is 15.7. The second-order valence-corrected chi connectivity index (χ2v) is 5.60. The second-order valence-electron chi connectivity index (χ2n) is 5.60. The third-order valence-corrected chi connectivity index (χ3v) is 3.63. The average Bonchev–Trinajstić information content (AvgIpc) is 2.47. The highest BCUT2D eigenvalue weighted by molar-refractivity contribution is 5.56. The Labute approximate surface area is 130 Å². The fourth-order valence-corrected chi connectivity index (χ4v) is 2.19. The van der Waals surface area contributed by atoms with E-state index in [4.69, 9.17) is 0 Å². The first-order chi connectivity index (χ1) is 10.0. The molecular weight excluding hydrogens is 256 g/mol. The molecule has 21 heavy (non-hydrogen) atoms. The number of hydrogen-bond acceptors (Lipinski definition) is 1. The number of benzene rings is 1. The molecule has 0 aliphatic carbocycles. The summed E-state index contributed by atoms with van der Waals surface area (Å²) in [5, 5.41) is 10.5. The second kappa shape index (κ2) is 8.70. The summed E-state index contributed by atoms with van der Waals surface area (Å²) in [5.74, 6) is 6.04. The molecule has 1 aromatic rings. The fraction of sp³-hybridized carbons (Fsp3) is 0.500. The SMILES string of the molecule is CCCC#CC(O)(/C=C/c1ccc(CCC)cc1C)CC. The first kappa shape index (κ1) is 17.5. The van der Waals surface area contributed by atoms with E-state index in [1.807, 2.05) is 19.1 Å². The highest BCUT2D eigenvalue weighted by Gasteiger charge is 2.16. The molecule has 1 atom stereocenters. The predicted molar refractivity (Wildman–Crippen MR) is 92.1 cm³/mol. The number of aliphatic hydroxyl groups is 1. The smallest absolute Gasteiger partial charge is 0.144 e. The van der Waals surface area contributed by atoms with Crippen molar-refractivity contribution in [3.8, 4) is 11.8 Å². The molecular formula is C20H28O. The van der Waals surface area contributed by atoms with Gasteiger partial charge in [0.25, 0.3) is 0 Å². The molecule has 0 saturated carbocycles. The maximum absolute atomic E-state index is 10.5. The minimum Gasteiger partial charge on any atom is -0.374 e. The maximum Gasteiger partial charge on any atom is 0.144 e. The first-order valence-electron chi connectivity index (χ1n) is 8.05. The first-order valence-corrected chi connectivity index (χ1v) is 8.05. The van der Waals surface area contributed by atoms with Gasteiger partial charge < -0.3 is 5.11 Å². The van der Waals surface area contributed by atoms with Gasteiger partial charge in [-0.3, -0.25) is 0 Å². The average molecular weight is 284 g/mol. The lowest BCUT2D eigenvalue weighted by atomic mass is 9.97. The van der Waals surface area contributed by atoms with Gasteiger partial charge in [-0.15, -0.1) is 0 Å². The van der Waals surface area contributed by atoms with Gasteiger partial charge in [0.05, 0.1) is 0 Å². The molecule has 0 radical (unpaired) electrons. The Morgan fingerprint density at radius 3 is 2.52 bits per heavy atom. The minimum absolute atomic E-state index is 0.604. The molecule has 0 aromatic heterocycles. The van der Waals surface area contributed by atoms with E-state index in [1.54, 1.807) is 0 Å². The molecule has 0 heterocycles. The van der Waals surface area contributed by atoms with Crippen LogP contribution in [0.5, 0.6) is 0 Å². The van der Waals surface area contributed by atoms with Gasteiger partial charge in [-0.25, -0.2) is 0 Å². The largest absolute Gasteiger partial charge is 0.374 e. The molecule has 0 spiro atoms. The monoisotopic (exact) mass is 284 g/mol. The molecule has 114 valence electrons. The van der Waals surface area contributed by atoms with Crippen LogP contribution in [0, 0.1) is 18.8 Å². The third-order valence-electron chi connectivity index (χ3n) is 3.63. The van der Waals surface area contributed by atoms with Crippen LogP contribution in [0.4, 0.5) is 0 Å². The summed E-state index contributed by atoms with van der Waals surface area (Å²) < 4.78 is 0. The van der Waals surface area contributed by atoms with Crippen LogP contribution in [0.1, 0.15) is 63.1 Å². The van der Waals surface area contributed by atoms with E-state index in [2.05, 4.69) is 50.8 Å². The molecule has 1 N–H and O–H groups in total. The van der Waals surface area contributed by atoms with Gasteiger partial charge in [-0.05, 0) is 49.0 Å². The van der Waals surface area contributed by atoms with Gasteiger partial charge in [-0.2, -0.15) is 0 Å². The van der Waals surface area contributed by atoms with Crippen molar-refractivity contribution < 1.29 is 5.11 Å². The van der Waals surface area contributed by atoms with Gasteiger partial charge in [0.1, 0.15) is 5.60 Å². The molecule has 1 rings (SSSR count). The minimum atomic E-state index is -1.01. The summed E-state index contributed by atoms with van der Waals surface area (Å²) in [6.45, 7) is 8.37. The van der Waals surface area contributed by atoms with Gasteiger partial charge in [-0.1, -0.05) is 63.3 Å². The van der Waals surface area contributed by atoms with E-state index in [9.17, 15) is 5.11 Å². The standard InChI is InChI=1S/C20H28O/c1-5-8-9-14-20(21,7-3)15-13-19-12-11-18(10-6-2)16-17(19)4/h11-13,15-16,21H,5-8,10H2,1-4H3/b15-13+. The number of aryl methyl sites for hydroxylation is 2. The lowest BCUT2D eigenvalue weighted by Crippen LogP contribution is -2.21. The van der Waals surface area contributed by atoms with Crippen molar-refractivity contribution in [2.24, 2.45) is 0 Å². The van der Waals surface area contributed by atoms with Crippen LogP contribution < -0.4 is 0 Å². The zero-order valence-corrected chi connectivity index (χ0v) is 13.9. The van der Waals surface area contributed by atoms with Crippen molar-refractivity contribution in [1.29, 1.82) is 0 Å². The predicted octanol–water partition coefficient (Wildman–Crippen LogP) is 4.91. The van der Waals surface area contributed by atoms with Crippen molar-refractivity contribution in [2.75, 3.05) is 0 Å². The summed E-state index contributed by atoms with van der Waals surface area (Å²) in [6.07, 6.45) is 8.57. The van der Waals surface area contributed by atoms with Crippen molar-refractivity contribution in [2.45, 2.75) is 65.4 Å². The van der Waals surface area contributed by atoms with E-state index >= 15 is 0 Å². The molecule has 1 aromatic carbocycles. The summed E-state index contributed by atoms with van der Waals surface area (Å²) in [5.41, 5.74) is 2.76. The topological polar surface area (TPSA) is 20.2 Å². The maximum atomic E-state index is 10.5. The molecule has 0 fully saturated rings. The van der Waals surface area contributed by atoms with E-state index in [-0.39, 0.29) is 0 Å². The number of rotatable bonds is 6. The van der Waals surface area contributed by atoms with Gasteiger partial charge in [0.15, 0.2) is 0 Å². The van der Waals surface area contributed by atoms with Crippen LogP contribution in [0.3, 0.4) is 0 Å². The van der Waals surface area contributed by atoms with Gasteiger partial charge in [0.2, 0.25) is 0 Å². The molecule has 1 unspecified atom stereocenters. The number of unbranched alkanes of at least 4 members (excludes halogenated alkanes) is 1. The third kappa shape index (κ3) is 5.78. The van der Waals surface area contributed by atoms with E-state index < -0.39 is 5.60 Å². The lowest BCUT2D eigenvalue weighted by Gasteiger charge is -2.15. The molecule has 0 saturated heterocycles. The Hall–Kier alpha value is -1.52. The van der Waals surface area contributed by atoms with Crippen LogP contribution >= 0.6 is 0 Å². The Bertz CT molecular complexity index is 531. The molecule has 0 amide bonds. The van der Waals surface area contributed by atoms with E-state index in [0.29, 0.717) is 6.42 Å². The highest BCUT2D eigenvalue weighted by atomic mass is 16.3. The summed E-state index contributed by atoms with van der Waals surface area (Å²) in [6, 6.07) is 6.53. The summed E-state index contributed by atoms with van der Waals surface area (Å²) in [7, 11) is 0. The normalized spacial score (nSPS) is 13.8. The van der Waals surface area contributed by atoms with E-state index in [0.717, 1.165) is 31.2 Å². The van der Waals surface area contributed by atoms with Gasteiger partial charge >= 0.3 is 0 Å². The van der Waals surface area contributed by atoms with E-state index in [1.165, 1.54) is 11.1 Å². The number of hydrogen-bond donors (Lipinski definition) is 1. The summed E-state index contributed by atoms with van der Waals surface area (Å²) >= 11 is 0. The van der Waals surface area contributed by atoms with Crippen LogP contribution in [0.15, 0.2) is 24.3 Å². The van der Waals surface area contributed by atoms with Crippen molar-refractivity contribution in [3.63, 3.8) is 0 Å². The van der Waals surface area contributed by atoms with Crippen LogP contribution in [-0.2, 0) is 6.42 Å². The highest BCUT2D eigenvalue weighted by Crippen LogP contribution is 2.18.